The van der Waals surface area contributed by atoms with Crippen LogP contribution in [0.4, 0.5) is 5.82 Å². The van der Waals surface area contributed by atoms with Crippen LogP contribution in [0.3, 0.4) is 0 Å². The first-order valence-corrected chi connectivity index (χ1v) is 4.64. The molecule has 0 bridgehead atoms. The summed E-state index contributed by atoms with van der Waals surface area (Å²) in [5.41, 5.74) is 0.367. The highest BCUT2D eigenvalue weighted by Gasteiger charge is 2.09. The number of hydrogen-bond acceptors (Lipinski definition) is 3. The minimum atomic E-state index is 0.367. The SMILES string of the molecule is Cc1cc(NCCC(C)(C)C)no1. The maximum atomic E-state index is 4.93. The van der Waals surface area contributed by atoms with Crippen LogP contribution in [0.1, 0.15) is 33.0 Å². The standard InChI is InChI=1S/C10H18N2O/c1-8-7-9(12-13-8)11-6-5-10(2,3)4/h7H,5-6H2,1-4H3,(H,11,12). The average molecular weight is 182 g/mol. The van der Waals surface area contributed by atoms with Gasteiger partial charge in [-0.25, -0.2) is 0 Å². The van der Waals surface area contributed by atoms with Crippen molar-refractivity contribution in [2.75, 3.05) is 11.9 Å². The second-order valence-electron chi connectivity index (χ2n) is 4.56. The van der Waals surface area contributed by atoms with Crippen molar-refractivity contribution in [3.63, 3.8) is 0 Å². The Hall–Kier alpha value is -0.990. The van der Waals surface area contributed by atoms with E-state index in [2.05, 4.69) is 31.2 Å². The topological polar surface area (TPSA) is 38.1 Å². The van der Waals surface area contributed by atoms with E-state index < -0.39 is 0 Å². The highest BCUT2D eigenvalue weighted by atomic mass is 16.5. The highest BCUT2D eigenvalue weighted by molar-refractivity contribution is 5.33. The van der Waals surface area contributed by atoms with Crippen LogP contribution in [0.25, 0.3) is 0 Å². The Kier molecular flexibility index (Phi) is 2.96. The van der Waals surface area contributed by atoms with Gasteiger partial charge in [0, 0.05) is 12.6 Å². The number of nitrogens with one attached hydrogen (secondary N) is 1. The first-order chi connectivity index (χ1) is 5.97. The molecular formula is C10H18N2O. The molecule has 1 aromatic heterocycles. The highest BCUT2D eigenvalue weighted by Crippen LogP contribution is 2.18. The van der Waals surface area contributed by atoms with Gasteiger partial charge in [-0.05, 0) is 18.8 Å². The number of hydrogen-bond donors (Lipinski definition) is 1. The molecule has 0 amide bonds. The van der Waals surface area contributed by atoms with Gasteiger partial charge in [-0.3, -0.25) is 0 Å². The lowest BCUT2D eigenvalue weighted by atomic mass is 9.92. The van der Waals surface area contributed by atoms with E-state index in [1.807, 2.05) is 13.0 Å². The van der Waals surface area contributed by atoms with Gasteiger partial charge >= 0.3 is 0 Å². The molecule has 0 saturated heterocycles. The Morgan fingerprint density at radius 3 is 2.62 bits per heavy atom. The number of nitrogens with zero attached hydrogens (tertiary/aromatic N) is 1. The van der Waals surface area contributed by atoms with E-state index in [1.54, 1.807) is 0 Å². The molecular weight excluding hydrogens is 164 g/mol. The van der Waals surface area contributed by atoms with E-state index in [1.165, 1.54) is 0 Å². The zero-order valence-electron chi connectivity index (χ0n) is 8.85. The Morgan fingerprint density at radius 1 is 1.46 bits per heavy atom. The minimum absolute atomic E-state index is 0.367. The van der Waals surface area contributed by atoms with Crippen LogP contribution in [0, 0.1) is 12.3 Å². The van der Waals surface area contributed by atoms with Crippen molar-refractivity contribution in [1.29, 1.82) is 0 Å². The van der Waals surface area contributed by atoms with Gasteiger partial charge in [0.2, 0.25) is 0 Å². The molecule has 0 saturated carbocycles. The monoisotopic (exact) mass is 182 g/mol. The van der Waals surface area contributed by atoms with Crippen LogP contribution >= 0.6 is 0 Å². The Morgan fingerprint density at radius 2 is 2.15 bits per heavy atom. The molecule has 0 spiro atoms. The van der Waals surface area contributed by atoms with Gasteiger partial charge < -0.3 is 9.84 Å². The predicted molar refractivity (Wildman–Crippen MR) is 53.8 cm³/mol. The molecule has 74 valence electrons. The molecule has 0 unspecified atom stereocenters. The minimum Gasteiger partial charge on any atom is -0.367 e. The van der Waals surface area contributed by atoms with Crippen molar-refractivity contribution in [2.45, 2.75) is 34.1 Å². The molecule has 3 nitrogen and oxygen atoms in total. The van der Waals surface area contributed by atoms with Gasteiger partial charge in [0.15, 0.2) is 5.82 Å². The third-order valence-corrected chi connectivity index (χ3v) is 1.81. The maximum Gasteiger partial charge on any atom is 0.169 e. The molecule has 1 heterocycles. The van der Waals surface area contributed by atoms with Crippen LogP contribution < -0.4 is 5.32 Å². The molecule has 0 aliphatic carbocycles. The number of anilines is 1. The van der Waals surface area contributed by atoms with Gasteiger partial charge in [-0.2, -0.15) is 0 Å². The summed E-state index contributed by atoms with van der Waals surface area (Å²) in [6.07, 6.45) is 1.12. The second kappa shape index (κ2) is 3.81. The smallest absolute Gasteiger partial charge is 0.169 e. The van der Waals surface area contributed by atoms with Crippen LogP contribution in [0.2, 0.25) is 0 Å². The first-order valence-electron chi connectivity index (χ1n) is 4.64. The van der Waals surface area contributed by atoms with E-state index in [4.69, 9.17) is 4.52 Å². The van der Waals surface area contributed by atoms with Crippen LogP contribution in [-0.4, -0.2) is 11.7 Å². The van der Waals surface area contributed by atoms with Crippen LogP contribution in [0.15, 0.2) is 10.6 Å². The normalized spacial score (nSPS) is 11.7. The third kappa shape index (κ3) is 3.97. The van der Waals surface area contributed by atoms with Gasteiger partial charge in [-0.1, -0.05) is 25.9 Å². The summed E-state index contributed by atoms with van der Waals surface area (Å²) < 4.78 is 4.93. The van der Waals surface area contributed by atoms with Crippen molar-refractivity contribution in [1.82, 2.24) is 5.16 Å². The molecule has 13 heavy (non-hydrogen) atoms. The van der Waals surface area contributed by atoms with E-state index >= 15 is 0 Å². The average Bonchev–Trinajstić information content (AvgIpc) is 2.33. The lowest BCUT2D eigenvalue weighted by Gasteiger charge is -2.17. The lowest BCUT2D eigenvalue weighted by molar-refractivity contribution is 0.385. The fourth-order valence-electron chi connectivity index (χ4n) is 1.02. The zero-order chi connectivity index (χ0) is 9.90. The largest absolute Gasteiger partial charge is 0.367 e. The van der Waals surface area contributed by atoms with E-state index in [-0.39, 0.29) is 0 Å². The fourth-order valence-corrected chi connectivity index (χ4v) is 1.02. The van der Waals surface area contributed by atoms with Gasteiger partial charge in [0.1, 0.15) is 5.76 Å². The van der Waals surface area contributed by atoms with Crippen molar-refractivity contribution in [3.8, 4) is 0 Å². The van der Waals surface area contributed by atoms with Gasteiger partial charge in [0.25, 0.3) is 0 Å². The molecule has 3 heteroatoms. The van der Waals surface area contributed by atoms with Crippen LogP contribution in [0.5, 0.6) is 0 Å². The zero-order valence-corrected chi connectivity index (χ0v) is 8.85. The molecule has 1 aromatic rings. The molecule has 1 rings (SSSR count). The van der Waals surface area contributed by atoms with Crippen molar-refractivity contribution in [2.24, 2.45) is 5.41 Å². The summed E-state index contributed by atoms with van der Waals surface area (Å²) in [6.45, 7) is 9.51. The Bertz CT molecular complexity index is 260. The fraction of sp³-hybridized carbons (Fsp3) is 0.700. The van der Waals surface area contributed by atoms with Crippen molar-refractivity contribution >= 4 is 5.82 Å². The molecule has 0 radical (unpaired) electrons. The molecule has 0 aromatic carbocycles. The molecule has 0 aliphatic rings. The van der Waals surface area contributed by atoms with E-state index in [9.17, 15) is 0 Å². The maximum absolute atomic E-state index is 4.93. The summed E-state index contributed by atoms with van der Waals surface area (Å²) in [7, 11) is 0. The van der Waals surface area contributed by atoms with E-state index in [0.717, 1.165) is 24.5 Å². The lowest BCUT2D eigenvalue weighted by Crippen LogP contribution is -2.12. The summed E-state index contributed by atoms with van der Waals surface area (Å²) >= 11 is 0. The molecule has 0 aliphatic heterocycles. The van der Waals surface area contributed by atoms with Gasteiger partial charge in [0.05, 0.1) is 0 Å². The van der Waals surface area contributed by atoms with Gasteiger partial charge in [-0.15, -0.1) is 0 Å². The predicted octanol–water partition coefficient (Wildman–Crippen LogP) is 2.83. The Balaban J connectivity index is 2.28. The molecule has 0 atom stereocenters. The summed E-state index contributed by atoms with van der Waals surface area (Å²) in [4.78, 5) is 0. The second-order valence-corrected chi connectivity index (χ2v) is 4.56. The summed E-state index contributed by atoms with van der Waals surface area (Å²) in [5, 5.41) is 7.07. The Labute approximate surface area is 79.5 Å². The van der Waals surface area contributed by atoms with E-state index in [0.29, 0.717) is 5.41 Å². The molecule has 0 fully saturated rings. The quantitative estimate of drug-likeness (QED) is 0.781. The first kappa shape index (κ1) is 10.1. The summed E-state index contributed by atoms with van der Waals surface area (Å²) in [6, 6.07) is 1.91. The van der Waals surface area contributed by atoms with Crippen LogP contribution in [-0.2, 0) is 0 Å². The van der Waals surface area contributed by atoms with Crippen molar-refractivity contribution in [3.05, 3.63) is 11.8 Å². The number of aryl methyl sites for hydroxylation is 1. The third-order valence-electron chi connectivity index (χ3n) is 1.81. The molecule has 1 N–H and O–H groups in total. The van der Waals surface area contributed by atoms with Crippen molar-refractivity contribution < 1.29 is 4.52 Å². The summed E-state index contributed by atoms with van der Waals surface area (Å²) in [5.74, 6) is 1.68. The number of rotatable bonds is 3. The number of aromatic nitrogens is 1.